The predicted molar refractivity (Wildman–Crippen MR) is 120 cm³/mol. The van der Waals surface area contributed by atoms with Crippen molar-refractivity contribution in [2.24, 2.45) is 46.3 Å². The van der Waals surface area contributed by atoms with Crippen LogP contribution in [0.25, 0.3) is 0 Å². The van der Waals surface area contributed by atoms with Gasteiger partial charge in [0.2, 0.25) is 0 Å². The minimum atomic E-state index is -0.298. The molecule has 0 heterocycles. The van der Waals surface area contributed by atoms with E-state index in [2.05, 4.69) is 40.7 Å². The first-order chi connectivity index (χ1) is 13.7. The Morgan fingerprint density at radius 2 is 1.72 bits per heavy atom. The molecule has 0 aromatic rings. The van der Waals surface area contributed by atoms with Crippen LogP contribution in [0, 0.1) is 46.3 Å². The molecule has 166 valence electrons. The minimum absolute atomic E-state index is 0.200. The summed E-state index contributed by atoms with van der Waals surface area (Å²) in [6.45, 7) is 12.2. The molecule has 0 aliphatic heterocycles. The number of aliphatic hydroxyl groups excluding tert-OH is 2. The normalized spacial score (nSPS) is 47.9. The Labute approximate surface area is 179 Å². The Bertz CT molecular complexity index is 624. The van der Waals surface area contributed by atoms with Gasteiger partial charge in [-0.25, -0.2) is 0 Å². The summed E-state index contributed by atoms with van der Waals surface area (Å²) in [6.07, 6.45) is 13.9. The summed E-state index contributed by atoms with van der Waals surface area (Å²) in [5, 5.41) is 21.5. The van der Waals surface area contributed by atoms with Gasteiger partial charge in [-0.1, -0.05) is 65.5 Å². The molecule has 0 aromatic carbocycles. The highest BCUT2D eigenvalue weighted by Gasteiger charge is 2.61. The second-order valence-corrected chi connectivity index (χ2v) is 12.3. The first-order valence-corrected chi connectivity index (χ1v) is 12.7. The maximum atomic E-state index is 11.3. The maximum Gasteiger partial charge on any atom is 0.0757 e. The molecule has 2 nitrogen and oxygen atoms in total. The molecule has 0 amide bonds. The summed E-state index contributed by atoms with van der Waals surface area (Å²) in [4.78, 5) is 0. The molecule has 3 unspecified atom stereocenters. The number of fused-ring (bicyclic) bond motifs is 5. The second kappa shape index (κ2) is 7.97. The fourth-order valence-corrected chi connectivity index (χ4v) is 8.65. The molecular weight excluding hydrogens is 356 g/mol. The minimum Gasteiger partial charge on any atom is -0.393 e. The summed E-state index contributed by atoms with van der Waals surface area (Å²) in [6, 6.07) is 0. The molecule has 4 aliphatic rings. The number of aliphatic hydroxyl groups is 2. The lowest BCUT2D eigenvalue weighted by atomic mass is 9.46. The van der Waals surface area contributed by atoms with Gasteiger partial charge >= 0.3 is 0 Å². The molecule has 0 bridgehead atoms. The molecule has 3 fully saturated rings. The molecule has 2 heteroatoms. The van der Waals surface area contributed by atoms with Crippen molar-refractivity contribution in [2.45, 2.75) is 111 Å². The first kappa shape index (κ1) is 21.9. The smallest absolute Gasteiger partial charge is 0.0757 e. The van der Waals surface area contributed by atoms with Gasteiger partial charge in [-0.05, 0) is 91.3 Å². The number of hydrogen-bond donors (Lipinski definition) is 2. The van der Waals surface area contributed by atoms with Crippen molar-refractivity contribution in [3.05, 3.63) is 11.6 Å². The van der Waals surface area contributed by atoms with E-state index in [1.807, 2.05) is 0 Å². The van der Waals surface area contributed by atoms with Gasteiger partial charge in [0.25, 0.3) is 0 Å². The van der Waals surface area contributed by atoms with Crippen molar-refractivity contribution >= 4 is 0 Å². The summed E-state index contributed by atoms with van der Waals surface area (Å²) < 4.78 is 0. The molecule has 0 spiro atoms. The van der Waals surface area contributed by atoms with Crippen LogP contribution in [0.5, 0.6) is 0 Å². The van der Waals surface area contributed by atoms with Gasteiger partial charge in [0.15, 0.2) is 0 Å². The first-order valence-electron chi connectivity index (χ1n) is 12.7. The van der Waals surface area contributed by atoms with Gasteiger partial charge in [-0.2, -0.15) is 0 Å². The van der Waals surface area contributed by atoms with E-state index in [0.717, 1.165) is 37.0 Å². The van der Waals surface area contributed by atoms with Crippen LogP contribution in [0.3, 0.4) is 0 Å². The lowest BCUT2D eigenvalue weighted by Gasteiger charge is -2.59. The van der Waals surface area contributed by atoms with Crippen LogP contribution in [0.4, 0.5) is 0 Å². The number of rotatable bonds is 5. The summed E-state index contributed by atoms with van der Waals surface area (Å²) in [7, 11) is 0. The SMILES string of the molecule is CC(C)CCC[C@@H](C)C1CCC2[C@H]3C(CC[C@@]21C)[C@@]1(C)CC[C@H](O)CC1=C[C@@H]3O. The zero-order valence-electron chi connectivity index (χ0n) is 19.7. The van der Waals surface area contributed by atoms with Gasteiger partial charge in [-0.15, -0.1) is 0 Å². The van der Waals surface area contributed by atoms with E-state index in [1.54, 1.807) is 0 Å². The predicted octanol–water partition coefficient (Wildman–Crippen LogP) is 6.36. The Morgan fingerprint density at radius 3 is 2.45 bits per heavy atom. The topological polar surface area (TPSA) is 40.5 Å². The fraction of sp³-hybridized carbons (Fsp3) is 0.926. The highest BCUT2D eigenvalue weighted by Crippen LogP contribution is 2.67. The van der Waals surface area contributed by atoms with E-state index < -0.39 is 0 Å². The molecule has 3 saturated carbocycles. The van der Waals surface area contributed by atoms with Crippen LogP contribution in [-0.2, 0) is 0 Å². The molecule has 4 aliphatic carbocycles. The van der Waals surface area contributed by atoms with Crippen LogP contribution in [0.2, 0.25) is 0 Å². The highest BCUT2D eigenvalue weighted by atomic mass is 16.3. The van der Waals surface area contributed by atoms with Gasteiger partial charge in [0, 0.05) is 0 Å². The van der Waals surface area contributed by atoms with Gasteiger partial charge in [0.05, 0.1) is 12.2 Å². The van der Waals surface area contributed by atoms with Gasteiger partial charge in [-0.3, -0.25) is 0 Å². The van der Waals surface area contributed by atoms with Crippen molar-refractivity contribution in [2.75, 3.05) is 0 Å². The quantitative estimate of drug-likeness (QED) is 0.525. The molecule has 0 saturated heterocycles. The zero-order chi connectivity index (χ0) is 21.0. The van der Waals surface area contributed by atoms with E-state index in [9.17, 15) is 10.2 Å². The van der Waals surface area contributed by atoms with E-state index in [0.29, 0.717) is 23.2 Å². The van der Waals surface area contributed by atoms with Gasteiger partial charge in [0.1, 0.15) is 0 Å². The molecule has 0 radical (unpaired) electrons. The third kappa shape index (κ3) is 3.65. The van der Waals surface area contributed by atoms with Crippen molar-refractivity contribution in [1.29, 1.82) is 0 Å². The molecule has 9 atom stereocenters. The lowest BCUT2D eigenvalue weighted by molar-refractivity contribution is -0.0970. The Balaban J connectivity index is 1.54. The molecule has 0 aromatic heterocycles. The fourth-order valence-electron chi connectivity index (χ4n) is 8.65. The van der Waals surface area contributed by atoms with Crippen LogP contribution < -0.4 is 0 Å². The van der Waals surface area contributed by atoms with Crippen molar-refractivity contribution < 1.29 is 10.2 Å². The van der Waals surface area contributed by atoms with Crippen molar-refractivity contribution in [3.8, 4) is 0 Å². The molecule has 2 N–H and O–H groups in total. The van der Waals surface area contributed by atoms with Crippen LogP contribution in [-0.4, -0.2) is 22.4 Å². The second-order valence-electron chi connectivity index (χ2n) is 12.3. The summed E-state index contributed by atoms with van der Waals surface area (Å²) >= 11 is 0. The van der Waals surface area contributed by atoms with Gasteiger partial charge < -0.3 is 10.2 Å². The average Bonchev–Trinajstić information content (AvgIpc) is 3.00. The van der Waals surface area contributed by atoms with Crippen LogP contribution >= 0.6 is 0 Å². The Morgan fingerprint density at radius 1 is 0.966 bits per heavy atom. The highest BCUT2D eigenvalue weighted by molar-refractivity contribution is 5.27. The Kier molecular flexibility index (Phi) is 6.01. The van der Waals surface area contributed by atoms with Crippen LogP contribution in [0.1, 0.15) is 98.8 Å². The van der Waals surface area contributed by atoms with E-state index in [1.165, 1.54) is 50.5 Å². The third-order valence-electron chi connectivity index (χ3n) is 10.3. The molecule has 29 heavy (non-hydrogen) atoms. The lowest BCUT2D eigenvalue weighted by Crippen LogP contribution is -2.54. The largest absolute Gasteiger partial charge is 0.393 e. The summed E-state index contributed by atoms with van der Waals surface area (Å²) in [5.74, 6) is 4.18. The van der Waals surface area contributed by atoms with E-state index in [-0.39, 0.29) is 17.6 Å². The average molecular weight is 403 g/mol. The molecule has 4 rings (SSSR count). The standard InChI is InChI=1S/C27H46O2/c1-17(2)7-6-8-18(3)21-9-10-22-25-23(12-14-27(21,22)5)26(4)13-11-20(28)15-19(26)16-24(25)29/h16-18,20-25,28-29H,6-15H2,1-5H3/t18-,20+,21?,22?,23?,24+,25+,26+,27-/m1/s1. The van der Waals surface area contributed by atoms with E-state index in [4.69, 9.17) is 0 Å². The van der Waals surface area contributed by atoms with Crippen molar-refractivity contribution in [3.63, 3.8) is 0 Å². The zero-order valence-corrected chi connectivity index (χ0v) is 19.7. The number of hydrogen-bond acceptors (Lipinski definition) is 2. The third-order valence-corrected chi connectivity index (χ3v) is 10.3. The van der Waals surface area contributed by atoms with Crippen LogP contribution in [0.15, 0.2) is 11.6 Å². The maximum absolute atomic E-state index is 11.3. The van der Waals surface area contributed by atoms with E-state index >= 15 is 0 Å². The Hall–Kier alpha value is -0.340. The van der Waals surface area contributed by atoms with Crippen molar-refractivity contribution in [1.82, 2.24) is 0 Å². The molecular formula is C27H46O2. The summed E-state index contributed by atoms with van der Waals surface area (Å²) in [5.41, 5.74) is 1.99. The monoisotopic (exact) mass is 402 g/mol.